The molecule has 0 spiro atoms. The Bertz CT molecular complexity index is 449. The molecule has 0 saturated carbocycles. The summed E-state index contributed by atoms with van der Waals surface area (Å²) in [5.41, 5.74) is 6.78. The van der Waals surface area contributed by atoms with Crippen LogP contribution in [-0.2, 0) is 11.3 Å². The van der Waals surface area contributed by atoms with Gasteiger partial charge in [-0.25, -0.2) is 0 Å². The average molecular weight is 303 g/mol. The van der Waals surface area contributed by atoms with Gasteiger partial charge >= 0.3 is 0 Å². The number of rotatable bonds is 5. The normalized spacial score (nSPS) is 12.6. The van der Waals surface area contributed by atoms with Gasteiger partial charge in [0.05, 0.1) is 0 Å². The van der Waals surface area contributed by atoms with E-state index in [2.05, 4.69) is 0 Å². The van der Waals surface area contributed by atoms with Crippen molar-refractivity contribution in [2.75, 3.05) is 7.05 Å². The standard InChI is InChI=1S/C14H20Cl2N2O/c1-9(2)13(17)7-14(19)18(3)8-10-4-5-11(15)6-12(10)16/h4-6,9,13H,7-8,17H2,1-3H3. The van der Waals surface area contributed by atoms with Crippen molar-refractivity contribution >= 4 is 29.1 Å². The third-order valence-electron chi connectivity index (χ3n) is 3.12. The predicted octanol–water partition coefficient (Wildman–Crippen LogP) is 3.33. The maximum Gasteiger partial charge on any atom is 0.224 e. The van der Waals surface area contributed by atoms with Crippen molar-refractivity contribution in [3.05, 3.63) is 33.8 Å². The molecule has 19 heavy (non-hydrogen) atoms. The van der Waals surface area contributed by atoms with Gasteiger partial charge in [-0.3, -0.25) is 4.79 Å². The van der Waals surface area contributed by atoms with E-state index in [0.29, 0.717) is 23.0 Å². The van der Waals surface area contributed by atoms with Crippen molar-refractivity contribution in [2.24, 2.45) is 11.7 Å². The minimum atomic E-state index is -0.115. The summed E-state index contributed by atoms with van der Waals surface area (Å²) in [4.78, 5) is 13.7. The molecular weight excluding hydrogens is 283 g/mol. The topological polar surface area (TPSA) is 46.3 Å². The molecule has 0 aliphatic rings. The molecule has 0 bridgehead atoms. The van der Waals surface area contributed by atoms with Gasteiger partial charge in [0.1, 0.15) is 0 Å². The Morgan fingerprint density at radius 3 is 2.53 bits per heavy atom. The van der Waals surface area contributed by atoms with E-state index in [9.17, 15) is 4.79 Å². The highest BCUT2D eigenvalue weighted by Crippen LogP contribution is 2.22. The quantitative estimate of drug-likeness (QED) is 0.907. The number of amides is 1. The Morgan fingerprint density at radius 2 is 2.00 bits per heavy atom. The molecule has 0 saturated heterocycles. The van der Waals surface area contributed by atoms with E-state index in [1.807, 2.05) is 19.9 Å². The fraction of sp³-hybridized carbons (Fsp3) is 0.500. The Kier molecular flexibility index (Phi) is 6.11. The van der Waals surface area contributed by atoms with E-state index in [-0.39, 0.29) is 17.9 Å². The molecule has 0 radical (unpaired) electrons. The van der Waals surface area contributed by atoms with Gasteiger partial charge in [-0.05, 0) is 23.6 Å². The molecule has 0 heterocycles. The van der Waals surface area contributed by atoms with Crippen LogP contribution in [0.4, 0.5) is 0 Å². The first kappa shape index (κ1) is 16.3. The number of hydrogen-bond donors (Lipinski definition) is 1. The lowest BCUT2D eigenvalue weighted by Crippen LogP contribution is -2.35. The second-order valence-electron chi connectivity index (χ2n) is 5.10. The van der Waals surface area contributed by atoms with Crippen molar-refractivity contribution in [1.82, 2.24) is 4.90 Å². The van der Waals surface area contributed by atoms with Crippen molar-refractivity contribution in [3.63, 3.8) is 0 Å². The van der Waals surface area contributed by atoms with E-state index in [1.165, 1.54) is 0 Å². The molecule has 106 valence electrons. The van der Waals surface area contributed by atoms with Crippen LogP contribution in [0.2, 0.25) is 10.0 Å². The summed E-state index contributed by atoms with van der Waals surface area (Å²) in [6, 6.07) is 5.16. The fourth-order valence-corrected chi connectivity index (χ4v) is 2.06. The van der Waals surface area contributed by atoms with Crippen LogP contribution in [0.5, 0.6) is 0 Å². The van der Waals surface area contributed by atoms with Crippen molar-refractivity contribution in [2.45, 2.75) is 32.9 Å². The second kappa shape index (κ2) is 7.13. The third kappa shape index (κ3) is 5.01. The summed E-state index contributed by atoms with van der Waals surface area (Å²) >= 11 is 11.9. The molecule has 1 rings (SSSR count). The average Bonchev–Trinajstić information content (AvgIpc) is 2.32. The van der Waals surface area contributed by atoms with Crippen LogP contribution in [0.3, 0.4) is 0 Å². The SMILES string of the molecule is CC(C)C(N)CC(=O)N(C)Cc1ccc(Cl)cc1Cl. The summed E-state index contributed by atoms with van der Waals surface area (Å²) in [6.07, 6.45) is 0.347. The molecule has 0 fully saturated rings. The highest BCUT2D eigenvalue weighted by atomic mass is 35.5. The highest BCUT2D eigenvalue weighted by molar-refractivity contribution is 6.35. The van der Waals surface area contributed by atoms with Crippen molar-refractivity contribution in [1.29, 1.82) is 0 Å². The summed E-state index contributed by atoms with van der Waals surface area (Å²) in [7, 11) is 1.75. The largest absolute Gasteiger partial charge is 0.341 e. The molecule has 2 N–H and O–H groups in total. The molecule has 3 nitrogen and oxygen atoms in total. The minimum Gasteiger partial charge on any atom is -0.341 e. The van der Waals surface area contributed by atoms with Gasteiger partial charge in [0.25, 0.3) is 0 Å². The van der Waals surface area contributed by atoms with Gasteiger partial charge in [0.2, 0.25) is 5.91 Å². The molecule has 0 aromatic heterocycles. The van der Waals surface area contributed by atoms with Crippen LogP contribution in [0.15, 0.2) is 18.2 Å². The Labute approximate surface area is 124 Å². The minimum absolute atomic E-state index is 0.0206. The van der Waals surface area contributed by atoms with Crippen LogP contribution in [-0.4, -0.2) is 23.9 Å². The summed E-state index contributed by atoms with van der Waals surface area (Å²) < 4.78 is 0. The van der Waals surface area contributed by atoms with Gasteiger partial charge in [-0.1, -0.05) is 43.1 Å². The highest BCUT2D eigenvalue weighted by Gasteiger charge is 2.17. The monoisotopic (exact) mass is 302 g/mol. The van der Waals surface area contributed by atoms with Crippen molar-refractivity contribution < 1.29 is 4.79 Å². The maximum absolute atomic E-state index is 12.0. The molecule has 1 amide bonds. The summed E-state index contributed by atoms with van der Waals surface area (Å²) in [6.45, 7) is 4.47. The van der Waals surface area contributed by atoms with E-state index in [4.69, 9.17) is 28.9 Å². The second-order valence-corrected chi connectivity index (χ2v) is 5.94. The summed E-state index contributed by atoms with van der Waals surface area (Å²) in [5.74, 6) is 0.309. The van der Waals surface area contributed by atoms with Gasteiger partial charge in [0.15, 0.2) is 0 Å². The lowest BCUT2D eigenvalue weighted by Gasteiger charge is -2.21. The number of carbonyl (C=O) groups is 1. The molecular formula is C14H20Cl2N2O. The van der Waals surface area contributed by atoms with Crippen LogP contribution in [0.25, 0.3) is 0 Å². The molecule has 0 aliphatic carbocycles. The van der Waals surface area contributed by atoms with Gasteiger partial charge < -0.3 is 10.6 Å². The molecule has 0 aliphatic heterocycles. The van der Waals surface area contributed by atoms with Crippen LogP contribution >= 0.6 is 23.2 Å². The Hall–Kier alpha value is -0.770. The molecule has 1 atom stereocenters. The number of hydrogen-bond acceptors (Lipinski definition) is 2. The molecule has 1 unspecified atom stereocenters. The number of nitrogens with zero attached hydrogens (tertiary/aromatic N) is 1. The predicted molar refractivity (Wildman–Crippen MR) is 80.4 cm³/mol. The molecule has 5 heteroatoms. The molecule has 1 aromatic rings. The third-order valence-corrected chi connectivity index (χ3v) is 3.70. The Morgan fingerprint density at radius 1 is 1.37 bits per heavy atom. The van der Waals surface area contributed by atoms with E-state index >= 15 is 0 Å². The van der Waals surface area contributed by atoms with E-state index < -0.39 is 0 Å². The van der Waals surface area contributed by atoms with Gasteiger partial charge in [-0.2, -0.15) is 0 Å². The Balaban J connectivity index is 2.63. The fourth-order valence-electron chi connectivity index (χ4n) is 1.59. The van der Waals surface area contributed by atoms with E-state index in [1.54, 1.807) is 24.1 Å². The zero-order valence-corrected chi connectivity index (χ0v) is 13.0. The summed E-state index contributed by atoms with van der Waals surface area (Å²) in [5, 5.41) is 1.16. The van der Waals surface area contributed by atoms with Gasteiger partial charge in [-0.15, -0.1) is 0 Å². The first-order valence-corrected chi connectivity index (χ1v) is 7.00. The maximum atomic E-state index is 12.0. The lowest BCUT2D eigenvalue weighted by atomic mass is 10.0. The van der Waals surface area contributed by atoms with Crippen LogP contribution in [0, 0.1) is 5.92 Å². The zero-order valence-electron chi connectivity index (χ0n) is 11.5. The number of nitrogens with two attached hydrogens (primary N) is 1. The first-order chi connectivity index (χ1) is 8.81. The van der Waals surface area contributed by atoms with Gasteiger partial charge in [0, 0.05) is 36.1 Å². The number of halogens is 2. The smallest absolute Gasteiger partial charge is 0.224 e. The number of carbonyl (C=O) groups excluding carboxylic acids is 1. The van der Waals surface area contributed by atoms with Crippen LogP contribution < -0.4 is 5.73 Å². The number of benzene rings is 1. The first-order valence-electron chi connectivity index (χ1n) is 6.24. The van der Waals surface area contributed by atoms with Crippen LogP contribution in [0.1, 0.15) is 25.8 Å². The van der Waals surface area contributed by atoms with E-state index in [0.717, 1.165) is 5.56 Å². The lowest BCUT2D eigenvalue weighted by molar-refractivity contribution is -0.131. The zero-order chi connectivity index (χ0) is 14.6. The molecule has 1 aromatic carbocycles. The van der Waals surface area contributed by atoms with Crippen molar-refractivity contribution in [3.8, 4) is 0 Å².